The molecule has 2 N–H and O–H groups in total. The first-order chi connectivity index (χ1) is 10.7. The predicted molar refractivity (Wildman–Crippen MR) is 87.2 cm³/mol. The number of hydrogen-bond donors (Lipinski definition) is 1. The quantitative estimate of drug-likeness (QED) is 0.883. The van der Waals surface area contributed by atoms with Gasteiger partial charge in [-0.2, -0.15) is 0 Å². The molecule has 0 radical (unpaired) electrons. The summed E-state index contributed by atoms with van der Waals surface area (Å²) in [6.07, 6.45) is 3.80. The summed E-state index contributed by atoms with van der Waals surface area (Å²) < 4.78 is 0. The molecule has 4 heteroatoms. The van der Waals surface area contributed by atoms with Crippen LogP contribution < -0.4 is 5.73 Å². The molecular formula is C18H14N2O2. The fraction of sp³-hybridized carbons (Fsp3) is 0.0556. The first-order valence-corrected chi connectivity index (χ1v) is 6.88. The van der Waals surface area contributed by atoms with Gasteiger partial charge >= 0.3 is 0 Å². The zero-order valence-corrected chi connectivity index (χ0v) is 11.8. The Labute approximate surface area is 128 Å². The van der Waals surface area contributed by atoms with Crippen molar-refractivity contribution in [1.82, 2.24) is 0 Å². The van der Waals surface area contributed by atoms with E-state index in [0.29, 0.717) is 23.4 Å². The minimum absolute atomic E-state index is 0.363. The Morgan fingerprint density at radius 2 is 1.68 bits per heavy atom. The molecule has 0 saturated carbocycles. The molecule has 22 heavy (non-hydrogen) atoms. The number of aldehydes is 2. The van der Waals surface area contributed by atoms with Gasteiger partial charge in [-0.05, 0) is 23.3 Å². The molecule has 0 spiro atoms. The van der Waals surface area contributed by atoms with Gasteiger partial charge in [0.1, 0.15) is 18.4 Å². The molecule has 4 nitrogen and oxygen atoms in total. The summed E-state index contributed by atoms with van der Waals surface area (Å²) in [6, 6.07) is 13.1. The first-order valence-electron chi connectivity index (χ1n) is 6.88. The normalized spacial score (nSPS) is 13.5. The summed E-state index contributed by atoms with van der Waals surface area (Å²) in [5.41, 5.74) is 10.7. The molecule has 0 unspecified atom stereocenters. The van der Waals surface area contributed by atoms with Crippen molar-refractivity contribution in [3.05, 3.63) is 59.2 Å². The van der Waals surface area contributed by atoms with Gasteiger partial charge in [0, 0.05) is 23.1 Å². The Bertz CT molecular complexity index is 802. The first kappa shape index (κ1) is 13.9. The zero-order chi connectivity index (χ0) is 15.5. The molecule has 2 aromatic carbocycles. The second kappa shape index (κ2) is 5.77. The fourth-order valence-corrected chi connectivity index (χ4v) is 2.43. The minimum Gasteiger partial charge on any atom is -0.387 e. The van der Waals surface area contributed by atoms with Crippen molar-refractivity contribution in [2.75, 3.05) is 0 Å². The fourth-order valence-electron chi connectivity index (χ4n) is 2.43. The van der Waals surface area contributed by atoms with Crippen LogP contribution in [0, 0.1) is 0 Å². The van der Waals surface area contributed by atoms with Crippen molar-refractivity contribution in [2.45, 2.75) is 6.42 Å². The predicted octanol–water partition coefficient (Wildman–Crippen LogP) is 3.14. The van der Waals surface area contributed by atoms with Crippen LogP contribution in [0.25, 0.3) is 17.2 Å². The lowest BCUT2D eigenvalue weighted by atomic mass is 10.0. The van der Waals surface area contributed by atoms with Crippen molar-refractivity contribution < 1.29 is 9.59 Å². The van der Waals surface area contributed by atoms with Crippen LogP contribution in [-0.4, -0.2) is 18.4 Å². The number of fused-ring (bicyclic) bond motifs is 1. The molecule has 2 aromatic rings. The van der Waals surface area contributed by atoms with E-state index in [1.165, 1.54) is 0 Å². The summed E-state index contributed by atoms with van der Waals surface area (Å²) in [5.74, 6) is 0.422. The molecule has 0 aromatic heterocycles. The van der Waals surface area contributed by atoms with Crippen molar-refractivity contribution >= 4 is 30.2 Å². The number of hydrogen-bond acceptors (Lipinski definition) is 4. The number of benzene rings is 2. The van der Waals surface area contributed by atoms with E-state index in [-0.39, 0.29) is 0 Å². The van der Waals surface area contributed by atoms with E-state index < -0.39 is 0 Å². The molecule has 1 heterocycles. The van der Waals surface area contributed by atoms with Gasteiger partial charge < -0.3 is 5.73 Å². The largest absolute Gasteiger partial charge is 0.387 e. The summed E-state index contributed by atoms with van der Waals surface area (Å²) in [6.45, 7) is 0. The van der Waals surface area contributed by atoms with Crippen LogP contribution in [0.4, 0.5) is 5.69 Å². The van der Waals surface area contributed by atoms with E-state index in [4.69, 9.17) is 5.73 Å². The summed E-state index contributed by atoms with van der Waals surface area (Å²) in [7, 11) is 0. The van der Waals surface area contributed by atoms with E-state index in [0.717, 1.165) is 35.0 Å². The molecule has 0 amide bonds. The van der Waals surface area contributed by atoms with Crippen LogP contribution in [-0.2, 0) is 4.79 Å². The van der Waals surface area contributed by atoms with E-state index in [1.54, 1.807) is 12.1 Å². The van der Waals surface area contributed by atoms with E-state index in [9.17, 15) is 9.59 Å². The van der Waals surface area contributed by atoms with Gasteiger partial charge in [-0.3, -0.25) is 9.59 Å². The van der Waals surface area contributed by atoms with E-state index in [2.05, 4.69) is 4.99 Å². The Morgan fingerprint density at radius 1 is 0.955 bits per heavy atom. The second-order valence-electron chi connectivity index (χ2n) is 5.13. The van der Waals surface area contributed by atoms with Crippen molar-refractivity contribution in [2.24, 2.45) is 10.7 Å². The Balaban J connectivity index is 2.06. The molecule has 0 bridgehead atoms. The molecule has 0 fully saturated rings. The van der Waals surface area contributed by atoms with Crippen LogP contribution in [0.15, 0.2) is 53.0 Å². The third-order valence-corrected chi connectivity index (χ3v) is 3.55. The van der Waals surface area contributed by atoms with Gasteiger partial charge in [0.25, 0.3) is 0 Å². The zero-order valence-electron chi connectivity index (χ0n) is 11.8. The third-order valence-electron chi connectivity index (χ3n) is 3.55. The average Bonchev–Trinajstić information content (AvgIpc) is 2.71. The van der Waals surface area contributed by atoms with Crippen LogP contribution >= 0.6 is 0 Å². The van der Waals surface area contributed by atoms with Gasteiger partial charge in [-0.15, -0.1) is 0 Å². The SMILES string of the molecule is NC1=Nc2cc(-c3ccc(C=O)cc3)ccc2C=C(C=O)C1. The maximum Gasteiger partial charge on any atom is 0.150 e. The third kappa shape index (κ3) is 2.72. The lowest BCUT2D eigenvalue weighted by Crippen LogP contribution is -2.11. The Hall–Kier alpha value is -3.01. The Kier molecular flexibility index (Phi) is 3.66. The molecular weight excluding hydrogens is 276 g/mol. The van der Waals surface area contributed by atoms with Crippen LogP contribution in [0.5, 0.6) is 0 Å². The lowest BCUT2D eigenvalue weighted by molar-refractivity contribution is -0.104. The van der Waals surface area contributed by atoms with Crippen molar-refractivity contribution in [3.63, 3.8) is 0 Å². The number of nitrogens with zero attached hydrogens (tertiary/aromatic N) is 1. The molecule has 1 aliphatic heterocycles. The summed E-state index contributed by atoms with van der Waals surface area (Å²) in [4.78, 5) is 26.1. The number of aliphatic imine (C=N–C) groups is 1. The van der Waals surface area contributed by atoms with E-state index in [1.807, 2.05) is 36.4 Å². The molecule has 1 aliphatic rings. The number of carbonyl (C=O) groups excluding carboxylic acids is 2. The maximum atomic E-state index is 11.0. The smallest absolute Gasteiger partial charge is 0.150 e. The van der Waals surface area contributed by atoms with Crippen molar-refractivity contribution in [3.8, 4) is 11.1 Å². The molecule has 0 aliphatic carbocycles. The lowest BCUT2D eigenvalue weighted by Gasteiger charge is -2.06. The van der Waals surface area contributed by atoms with Gasteiger partial charge in [0.2, 0.25) is 0 Å². The Morgan fingerprint density at radius 3 is 2.36 bits per heavy atom. The average molecular weight is 290 g/mol. The number of amidine groups is 1. The highest BCUT2D eigenvalue weighted by Gasteiger charge is 2.10. The summed E-state index contributed by atoms with van der Waals surface area (Å²) >= 11 is 0. The topological polar surface area (TPSA) is 72.5 Å². The summed E-state index contributed by atoms with van der Waals surface area (Å²) in [5, 5.41) is 0. The highest BCUT2D eigenvalue weighted by Crippen LogP contribution is 2.31. The van der Waals surface area contributed by atoms with Gasteiger partial charge in [-0.25, -0.2) is 4.99 Å². The second-order valence-corrected chi connectivity index (χ2v) is 5.13. The van der Waals surface area contributed by atoms with Crippen LogP contribution in [0.2, 0.25) is 0 Å². The van der Waals surface area contributed by atoms with E-state index >= 15 is 0 Å². The van der Waals surface area contributed by atoms with Gasteiger partial charge in [-0.1, -0.05) is 36.4 Å². The number of carbonyl (C=O) groups is 2. The van der Waals surface area contributed by atoms with Crippen molar-refractivity contribution in [1.29, 1.82) is 0 Å². The number of nitrogens with two attached hydrogens (primary N) is 1. The van der Waals surface area contributed by atoms with Gasteiger partial charge in [0.15, 0.2) is 0 Å². The van der Waals surface area contributed by atoms with Crippen LogP contribution in [0.1, 0.15) is 22.3 Å². The minimum atomic E-state index is 0.363. The van der Waals surface area contributed by atoms with Crippen LogP contribution in [0.3, 0.4) is 0 Å². The molecule has 3 rings (SSSR count). The van der Waals surface area contributed by atoms with Gasteiger partial charge in [0.05, 0.1) is 5.69 Å². The highest BCUT2D eigenvalue weighted by atomic mass is 16.1. The standard InChI is InChI=1S/C18H14N2O2/c19-18-8-13(11-22)7-16-6-5-15(9-17(16)20-18)14-3-1-12(10-21)2-4-14/h1-7,9-11H,8H2,(H2,19,20). The molecule has 0 atom stereocenters. The number of rotatable bonds is 3. The highest BCUT2D eigenvalue weighted by molar-refractivity contribution is 5.98. The monoisotopic (exact) mass is 290 g/mol. The molecule has 0 saturated heterocycles. The maximum absolute atomic E-state index is 11.0. The molecule has 108 valence electrons.